The van der Waals surface area contributed by atoms with Gasteiger partial charge in [-0.1, -0.05) is 0 Å². The smallest absolute Gasteiger partial charge is 0.187 e. The molecule has 3 fully saturated rings. The van der Waals surface area contributed by atoms with Crippen LogP contribution in [0.25, 0.3) is 0 Å². The number of aliphatic hydroxyl groups excluding tert-OH is 6. The molecule has 0 aromatic carbocycles. The fourth-order valence-electron chi connectivity index (χ4n) is 3.60. The number of hydrogen-bond acceptors (Lipinski definition) is 11. The Morgan fingerprint density at radius 1 is 0.714 bits per heavy atom. The van der Waals surface area contributed by atoms with Gasteiger partial charge in [-0.25, -0.2) is 0 Å². The molecule has 3 aliphatic heterocycles. The van der Waals surface area contributed by atoms with E-state index in [4.69, 9.17) is 23.7 Å². The Bertz CT molecular complexity index is 507. The van der Waals surface area contributed by atoms with Gasteiger partial charge in [0.25, 0.3) is 0 Å². The normalized spacial score (nSPS) is 53.1. The van der Waals surface area contributed by atoms with Gasteiger partial charge in [-0.2, -0.15) is 0 Å². The van der Waals surface area contributed by atoms with Crippen LogP contribution in [0, 0.1) is 0 Å². The molecule has 0 aliphatic carbocycles. The van der Waals surface area contributed by atoms with Gasteiger partial charge in [0.2, 0.25) is 0 Å². The van der Waals surface area contributed by atoms with E-state index in [0.717, 1.165) is 0 Å². The van der Waals surface area contributed by atoms with E-state index in [1.54, 1.807) is 6.92 Å². The molecule has 0 amide bonds. The Morgan fingerprint density at radius 2 is 1.43 bits per heavy atom. The zero-order valence-electron chi connectivity index (χ0n) is 15.8. The quantitative estimate of drug-likeness (QED) is 0.283. The lowest BCUT2D eigenvalue weighted by molar-refractivity contribution is -0.363. The van der Waals surface area contributed by atoms with Crippen LogP contribution in [0.5, 0.6) is 0 Å². The number of rotatable bonds is 4. The second-order valence-electron chi connectivity index (χ2n) is 7.59. The molecule has 164 valence electrons. The monoisotopic (exact) mass is 410 g/mol. The van der Waals surface area contributed by atoms with Gasteiger partial charge in [0.15, 0.2) is 18.9 Å². The molecular formula is C17H30O11. The van der Waals surface area contributed by atoms with Crippen molar-refractivity contribution < 1.29 is 54.3 Å². The van der Waals surface area contributed by atoms with Crippen molar-refractivity contribution in [2.45, 2.75) is 100 Å². The molecule has 3 aliphatic rings. The van der Waals surface area contributed by atoms with Crippen molar-refractivity contribution in [3.05, 3.63) is 0 Å². The highest BCUT2D eigenvalue weighted by atomic mass is 16.8. The van der Waals surface area contributed by atoms with Gasteiger partial charge in [-0.3, -0.25) is 0 Å². The first kappa shape index (κ1) is 22.2. The van der Waals surface area contributed by atoms with Crippen molar-refractivity contribution in [3.8, 4) is 0 Å². The van der Waals surface area contributed by atoms with Gasteiger partial charge >= 0.3 is 0 Å². The van der Waals surface area contributed by atoms with Crippen LogP contribution < -0.4 is 0 Å². The highest BCUT2D eigenvalue weighted by molar-refractivity contribution is 4.91. The summed E-state index contributed by atoms with van der Waals surface area (Å²) in [5.74, 6) is 0. The predicted molar refractivity (Wildman–Crippen MR) is 89.6 cm³/mol. The van der Waals surface area contributed by atoms with E-state index in [1.807, 2.05) is 0 Å². The molecule has 3 heterocycles. The zero-order chi connectivity index (χ0) is 20.6. The summed E-state index contributed by atoms with van der Waals surface area (Å²) in [4.78, 5) is 0. The maximum absolute atomic E-state index is 10.4. The van der Waals surface area contributed by atoms with E-state index < -0.39 is 73.8 Å². The maximum Gasteiger partial charge on any atom is 0.187 e. The van der Waals surface area contributed by atoms with Crippen LogP contribution in [0.3, 0.4) is 0 Å². The van der Waals surface area contributed by atoms with Crippen LogP contribution in [0.15, 0.2) is 0 Å². The third-order valence-corrected chi connectivity index (χ3v) is 5.43. The zero-order valence-corrected chi connectivity index (χ0v) is 15.8. The molecule has 12 atom stereocenters. The van der Waals surface area contributed by atoms with Gasteiger partial charge in [0.1, 0.15) is 36.6 Å². The Hall–Kier alpha value is -0.440. The van der Waals surface area contributed by atoms with Crippen molar-refractivity contribution in [3.63, 3.8) is 0 Å². The molecule has 28 heavy (non-hydrogen) atoms. The molecule has 6 N–H and O–H groups in total. The van der Waals surface area contributed by atoms with E-state index >= 15 is 0 Å². The summed E-state index contributed by atoms with van der Waals surface area (Å²) in [7, 11) is 0. The first-order chi connectivity index (χ1) is 13.2. The molecule has 11 heteroatoms. The third kappa shape index (κ3) is 4.65. The fourth-order valence-corrected chi connectivity index (χ4v) is 3.60. The summed E-state index contributed by atoms with van der Waals surface area (Å²) < 4.78 is 27.7. The van der Waals surface area contributed by atoms with Crippen LogP contribution >= 0.6 is 0 Å². The molecule has 0 saturated carbocycles. The van der Waals surface area contributed by atoms with Gasteiger partial charge in [0, 0.05) is 6.42 Å². The second-order valence-corrected chi connectivity index (χ2v) is 7.59. The summed E-state index contributed by atoms with van der Waals surface area (Å²) >= 11 is 0. The van der Waals surface area contributed by atoms with Gasteiger partial charge in [0.05, 0.1) is 24.9 Å². The maximum atomic E-state index is 10.4. The van der Waals surface area contributed by atoms with E-state index in [0.29, 0.717) is 12.8 Å². The van der Waals surface area contributed by atoms with E-state index in [1.165, 1.54) is 6.92 Å². The molecule has 0 aromatic rings. The summed E-state index contributed by atoms with van der Waals surface area (Å²) in [5, 5.41) is 59.8. The highest BCUT2D eigenvalue weighted by Gasteiger charge is 2.48. The second kappa shape index (κ2) is 9.14. The minimum Gasteiger partial charge on any atom is -0.388 e. The molecular weight excluding hydrogens is 380 g/mol. The Kier molecular flexibility index (Phi) is 7.27. The molecule has 11 nitrogen and oxygen atoms in total. The topological polar surface area (TPSA) is 168 Å². The van der Waals surface area contributed by atoms with Gasteiger partial charge in [-0.05, 0) is 20.3 Å². The van der Waals surface area contributed by atoms with Crippen LogP contribution in [-0.4, -0.2) is 111 Å². The molecule has 0 aromatic heterocycles. The average molecular weight is 410 g/mol. The lowest BCUT2D eigenvalue weighted by atomic mass is 9.99. The number of hydrogen-bond donors (Lipinski definition) is 6. The van der Waals surface area contributed by atoms with E-state index in [-0.39, 0.29) is 6.61 Å². The van der Waals surface area contributed by atoms with Gasteiger partial charge in [-0.15, -0.1) is 0 Å². The van der Waals surface area contributed by atoms with Crippen molar-refractivity contribution in [2.75, 3.05) is 6.61 Å². The first-order valence-electron chi connectivity index (χ1n) is 9.51. The standard InChI is InChI=1S/C17H30O11/c1-6-9(3-4-10(19)25-6)27-17-15(12(21)8(18)5-24-17)28-16-14(23)13(22)11(20)7(2)26-16/h6-23H,3-5H2,1-2H3/t6-,7+,8+,9+,10-,11-,12+,13-,14+,15-,16+,17+/m1/s1. The fraction of sp³-hybridized carbons (Fsp3) is 1.00. The van der Waals surface area contributed by atoms with E-state index in [9.17, 15) is 30.6 Å². The minimum absolute atomic E-state index is 0.192. The summed E-state index contributed by atoms with van der Waals surface area (Å²) in [6.45, 7) is 3.03. The Morgan fingerprint density at radius 3 is 2.11 bits per heavy atom. The molecule has 3 rings (SSSR count). The van der Waals surface area contributed by atoms with Crippen molar-refractivity contribution in [2.24, 2.45) is 0 Å². The first-order valence-corrected chi connectivity index (χ1v) is 9.51. The van der Waals surface area contributed by atoms with Crippen LogP contribution in [0.1, 0.15) is 26.7 Å². The summed E-state index contributed by atoms with van der Waals surface area (Å²) in [5.41, 5.74) is 0. The molecule has 3 saturated heterocycles. The van der Waals surface area contributed by atoms with Crippen LogP contribution in [0.2, 0.25) is 0 Å². The summed E-state index contributed by atoms with van der Waals surface area (Å²) in [6, 6.07) is 0. The lowest BCUT2D eigenvalue weighted by Crippen LogP contribution is -2.62. The molecule has 0 radical (unpaired) electrons. The molecule has 0 bridgehead atoms. The summed E-state index contributed by atoms with van der Waals surface area (Å²) in [6.07, 6.45) is -12.5. The van der Waals surface area contributed by atoms with Crippen molar-refractivity contribution in [1.82, 2.24) is 0 Å². The average Bonchev–Trinajstić information content (AvgIpc) is 2.65. The highest BCUT2D eigenvalue weighted by Crippen LogP contribution is 2.30. The minimum atomic E-state index is -1.58. The Labute approximate surface area is 162 Å². The molecule has 0 unspecified atom stereocenters. The molecule has 0 spiro atoms. The van der Waals surface area contributed by atoms with E-state index in [2.05, 4.69) is 0 Å². The largest absolute Gasteiger partial charge is 0.388 e. The number of ether oxygens (including phenoxy) is 5. The lowest BCUT2D eigenvalue weighted by Gasteiger charge is -2.45. The van der Waals surface area contributed by atoms with Crippen molar-refractivity contribution in [1.29, 1.82) is 0 Å². The van der Waals surface area contributed by atoms with Crippen molar-refractivity contribution >= 4 is 0 Å². The van der Waals surface area contributed by atoms with Crippen LogP contribution in [0.4, 0.5) is 0 Å². The van der Waals surface area contributed by atoms with Crippen LogP contribution in [-0.2, 0) is 23.7 Å². The van der Waals surface area contributed by atoms with Gasteiger partial charge < -0.3 is 54.3 Å². The Balaban J connectivity index is 1.69. The third-order valence-electron chi connectivity index (χ3n) is 5.43. The number of aliphatic hydroxyl groups is 6. The SMILES string of the molecule is C[C@@H]1O[C@@H](O[C@H]2[C@H](O[C@H]3CC[C@H](O)O[C@@H]3C)OC[C@H](O)[C@@H]2O)[C@@H](O)[C@H](O)[C@@H]1O. The predicted octanol–water partition coefficient (Wildman–Crippen LogP) is -2.82.